The number of rotatable bonds is 4. The van der Waals surface area contributed by atoms with Crippen molar-refractivity contribution in [1.82, 2.24) is 0 Å². The first kappa shape index (κ1) is 15.3. The van der Waals surface area contributed by atoms with Crippen LogP contribution in [0.5, 0.6) is 5.75 Å². The van der Waals surface area contributed by atoms with Gasteiger partial charge < -0.3 is 10.1 Å². The van der Waals surface area contributed by atoms with Gasteiger partial charge in [-0.05, 0) is 49.2 Å². The molecule has 0 heterocycles. The van der Waals surface area contributed by atoms with Crippen molar-refractivity contribution in [3.05, 3.63) is 58.4 Å². The van der Waals surface area contributed by atoms with Crippen LogP contribution in [0.4, 0.5) is 10.1 Å². The summed E-state index contributed by atoms with van der Waals surface area (Å²) >= 11 is 5.64. The number of carbonyl (C=O) groups excluding carboxylic acids is 1. The number of carbonyl (C=O) groups is 1. The summed E-state index contributed by atoms with van der Waals surface area (Å²) in [6.45, 7) is 3.74. The first-order chi connectivity index (χ1) is 9.94. The third-order valence-electron chi connectivity index (χ3n) is 2.77. The summed E-state index contributed by atoms with van der Waals surface area (Å²) in [5.74, 6) is -0.471. The third-order valence-corrected chi connectivity index (χ3v) is 3.06. The second-order valence-corrected chi connectivity index (χ2v) is 5.20. The molecule has 2 aromatic rings. The Labute approximate surface area is 127 Å². The molecule has 0 saturated carbocycles. The van der Waals surface area contributed by atoms with Gasteiger partial charge >= 0.3 is 0 Å². The summed E-state index contributed by atoms with van der Waals surface area (Å²) in [5, 5.41) is 2.71. The Morgan fingerprint density at radius 1 is 1.19 bits per heavy atom. The molecule has 5 heteroatoms. The van der Waals surface area contributed by atoms with E-state index >= 15 is 0 Å². The fourth-order valence-corrected chi connectivity index (χ4v) is 2.13. The Morgan fingerprint density at radius 3 is 2.48 bits per heavy atom. The van der Waals surface area contributed by atoms with Crippen LogP contribution in [0.2, 0.25) is 5.02 Å². The number of aryl methyl sites for hydroxylation is 2. The van der Waals surface area contributed by atoms with Crippen molar-refractivity contribution < 1.29 is 13.9 Å². The molecule has 0 bridgehead atoms. The van der Waals surface area contributed by atoms with Gasteiger partial charge in [-0.2, -0.15) is 0 Å². The van der Waals surface area contributed by atoms with Gasteiger partial charge in [-0.15, -0.1) is 0 Å². The minimum atomic E-state index is -0.524. The highest BCUT2D eigenvalue weighted by Crippen LogP contribution is 2.21. The molecular formula is C16H15ClFNO2. The number of nitrogens with one attached hydrogen (secondary N) is 1. The SMILES string of the molecule is Cc1cc(C)cc(NC(=O)COc2ccc(F)c(Cl)c2)c1. The zero-order valence-electron chi connectivity index (χ0n) is 11.7. The van der Waals surface area contributed by atoms with Gasteiger partial charge in [0.05, 0.1) is 5.02 Å². The smallest absolute Gasteiger partial charge is 0.262 e. The molecule has 0 unspecified atom stereocenters. The van der Waals surface area contributed by atoms with Crippen LogP contribution in [0.25, 0.3) is 0 Å². The van der Waals surface area contributed by atoms with Gasteiger partial charge in [0.2, 0.25) is 0 Å². The Bertz CT molecular complexity index is 653. The molecule has 0 aliphatic rings. The highest BCUT2D eigenvalue weighted by Gasteiger charge is 2.06. The average molecular weight is 308 g/mol. The van der Waals surface area contributed by atoms with Crippen molar-refractivity contribution >= 4 is 23.2 Å². The van der Waals surface area contributed by atoms with Gasteiger partial charge in [-0.1, -0.05) is 17.7 Å². The quantitative estimate of drug-likeness (QED) is 0.923. The van der Waals surface area contributed by atoms with Crippen molar-refractivity contribution in [2.24, 2.45) is 0 Å². The molecule has 0 saturated heterocycles. The molecule has 0 aromatic heterocycles. The van der Waals surface area contributed by atoms with Crippen LogP contribution in [0.3, 0.4) is 0 Å². The van der Waals surface area contributed by atoms with E-state index in [0.29, 0.717) is 5.75 Å². The van der Waals surface area contributed by atoms with E-state index in [1.807, 2.05) is 32.0 Å². The maximum atomic E-state index is 13.0. The molecule has 1 N–H and O–H groups in total. The minimum Gasteiger partial charge on any atom is -0.484 e. The van der Waals surface area contributed by atoms with Gasteiger partial charge in [-0.3, -0.25) is 4.79 Å². The van der Waals surface area contributed by atoms with Crippen molar-refractivity contribution in [3.63, 3.8) is 0 Å². The topological polar surface area (TPSA) is 38.3 Å². The normalized spacial score (nSPS) is 10.3. The van der Waals surface area contributed by atoms with Crippen molar-refractivity contribution in [2.75, 3.05) is 11.9 Å². The summed E-state index contributed by atoms with van der Waals surface area (Å²) in [6, 6.07) is 9.72. The van der Waals surface area contributed by atoms with E-state index in [1.165, 1.54) is 18.2 Å². The van der Waals surface area contributed by atoms with Crippen LogP contribution in [0.15, 0.2) is 36.4 Å². The Kier molecular flexibility index (Phi) is 4.81. The Hall–Kier alpha value is -2.07. The van der Waals surface area contributed by atoms with E-state index in [-0.39, 0.29) is 17.5 Å². The van der Waals surface area contributed by atoms with E-state index in [0.717, 1.165) is 16.8 Å². The van der Waals surface area contributed by atoms with Gasteiger partial charge in [0.1, 0.15) is 11.6 Å². The summed E-state index contributed by atoms with van der Waals surface area (Å²) in [4.78, 5) is 11.8. The summed E-state index contributed by atoms with van der Waals surface area (Å²) in [5.41, 5.74) is 2.85. The number of ether oxygens (including phenoxy) is 1. The number of hydrogen-bond acceptors (Lipinski definition) is 2. The molecule has 0 aliphatic heterocycles. The third kappa shape index (κ3) is 4.46. The van der Waals surface area contributed by atoms with Crippen molar-refractivity contribution in [2.45, 2.75) is 13.8 Å². The lowest BCUT2D eigenvalue weighted by atomic mass is 10.1. The highest BCUT2D eigenvalue weighted by atomic mass is 35.5. The lowest BCUT2D eigenvalue weighted by Crippen LogP contribution is -2.20. The first-order valence-electron chi connectivity index (χ1n) is 6.40. The molecule has 0 fully saturated rings. The summed E-state index contributed by atoms with van der Waals surface area (Å²) < 4.78 is 18.3. The Morgan fingerprint density at radius 2 is 1.86 bits per heavy atom. The first-order valence-corrected chi connectivity index (χ1v) is 6.78. The fourth-order valence-electron chi connectivity index (χ4n) is 1.96. The zero-order chi connectivity index (χ0) is 15.4. The number of hydrogen-bond donors (Lipinski definition) is 1. The molecule has 3 nitrogen and oxygen atoms in total. The Balaban J connectivity index is 1.94. The number of halogens is 2. The molecule has 0 aliphatic carbocycles. The second kappa shape index (κ2) is 6.59. The van der Waals surface area contributed by atoms with Gasteiger partial charge in [-0.25, -0.2) is 4.39 Å². The molecular weight excluding hydrogens is 293 g/mol. The van der Waals surface area contributed by atoms with Crippen LogP contribution in [-0.2, 0) is 4.79 Å². The minimum absolute atomic E-state index is 0.0396. The lowest BCUT2D eigenvalue weighted by Gasteiger charge is -2.09. The largest absolute Gasteiger partial charge is 0.484 e. The average Bonchev–Trinajstić information content (AvgIpc) is 2.39. The predicted octanol–water partition coefficient (Wildman–Crippen LogP) is 4.11. The zero-order valence-corrected chi connectivity index (χ0v) is 12.5. The van der Waals surface area contributed by atoms with Crippen LogP contribution < -0.4 is 10.1 Å². The highest BCUT2D eigenvalue weighted by molar-refractivity contribution is 6.30. The van der Waals surface area contributed by atoms with Crippen LogP contribution in [0.1, 0.15) is 11.1 Å². The molecule has 110 valence electrons. The molecule has 0 spiro atoms. The number of amides is 1. The summed E-state index contributed by atoms with van der Waals surface area (Å²) in [6.07, 6.45) is 0. The molecule has 0 atom stereocenters. The molecule has 2 rings (SSSR count). The fraction of sp³-hybridized carbons (Fsp3) is 0.188. The van der Waals surface area contributed by atoms with E-state index in [4.69, 9.17) is 16.3 Å². The molecule has 0 radical (unpaired) electrons. The van der Waals surface area contributed by atoms with Crippen molar-refractivity contribution in [3.8, 4) is 5.75 Å². The molecule has 1 amide bonds. The van der Waals surface area contributed by atoms with E-state index in [9.17, 15) is 9.18 Å². The van der Waals surface area contributed by atoms with Gasteiger partial charge in [0.25, 0.3) is 5.91 Å². The van der Waals surface area contributed by atoms with Crippen LogP contribution >= 0.6 is 11.6 Å². The molecule has 21 heavy (non-hydrogen) atoms. The van der Waals surface area contributed by atoms with E-state index in [2.05, 4.69) is 5.32 Å². The van der Waals surface area contributed by atoms with Gasteiger partial charge in [0.15, 0.2) is 6.61 Å². The lowest BCUT2D eigenvalue weighted by molar-refractivity contribution is -0.118. The standard InChI is InChI=1S/C16H15ClFNO2/c1-10-5-11(2)7-12(6-10)19-16(20)9-21-13-3-4-15(18)14(17)8-13/h3-8H,9H2,1-2H3,(H,19,20). The predicted molar refractivity (Wildman–Crippen MR) is 81.5 cm³/mol. The van der Waals surface area contributed by atoms with E-state index < -0.39 is 5.82 Å². The van der Waals surface area contributed by atoms with Crippen LogP contribution in [-0.4, -0.2) is 12.5 Å². The number of anilines is 1. The van der Waals surface area contributed by atoms with E-state index in [1.54, 1.807) is 0 Å². The number of benzene rings is 2. The van der Waals surface area contributed by atoms with Gasteiger partial charge in [0, 0.05) is 11.8 Å². The molecule has 2 aromatic carbocycles. The maximum Gasteiger partial charge on any atom is 0.262 e. The van der Waals surface area contributed by atoms with Crippen LogP contribution in [0, 0.1) is 19.7 Å². The second-order valence-electron chi connectivity index (χ2n) is 4.79. The monoisotopic (exact) mass is 307 g/mol. The summed E-state index contributed by atoms with van der Waals surface area (Å²) in [7, 11) is 0. The van der Waals surface area contributed by atoms with Crippen molar-refractivity contribution in [1.29, 1.82) is 0 Å². The maximum absolute atomic E-state index is 13.0.